The third-order valence-corrected chi connectivity index (χ3v) is 11.4. The van der Waals surface area contributed by atoms with E-state index in [2.05, 4.69) is 93.7 Å². The first kappa shape index (κ1) is 60.9. The second kappa shape index (κ2) is 52.5. The van der Waals surface area contributed by atoms with Gasteiger partial charge in [-0.25, -0.2) is 0 Å². The highest BCUT2D eigenvalue weighted by molar-refractivity contribution is 5.71. The van der Waals surface area contributed by atoms with Crippen molar-refractivity contribution in [3.05, 3.63) is 72.9 Å². The lowest BCUT2D eigenvalue weighted by Crippen LogP contribution is -2.30. The number of carbonyl (C=O) groups excluding carboxylic acids is 3. The summed E-state index contributed by atoms with van der Waals surface area (Å²) in [5.41, 5.74) is 0. The van der Waals surface area contributed by atoms with Gasteiger partial charge in [0, 0.05) is 19.3 Å². The molecule has 0 aliphatic rings. The molecule has 0 radical (unpaired) electrons. The van der Waals surface area contributed by atoms with Crippen molar-refractivity contribution in [3.63, 3.8) is 0 Å². The summed E-state index contributed by atoms with van der Waals surface area (Å²) >= 11 is 0. The molecule has 0 aromatic carbocycles. The number of ether oxygens (including phenoxy) is 3. The first-order valence-electron chi connectivity index (χ1n) is 26.9. The van der Waals surface area contributed by atoms with Crippen molar-refractivity contribution in [1.29, 1.82) is 0 Å². The highest BCUT2D eigenvalue weighted by Crippen LogP contribution is 2.14. The second-order valence-electron chi connectivity index (χ2n) is 17.7. The summed E-state index contributed by atoms with van der Waals surface area (Å²) in [5.74, 6) is -0.949. The molecule has 368 valence electrons. The van der Waals surface area contributed by atoms with E-state index in [1.807, 2.05) is 0 Å². The third kappa shape index (κ3) is 49.9. The Hall–Kier alpha value is -3.15. The average Bonchev–Trinajstić information content (AvgIpc) is 3.29. The first-order valence-corrected chi connectivity index (χ1v) is 26.9. The molecule has 0 bridgehead atoms. The maximum absolute atomic E-state index is 12.8. The van der Waals surface area contributed by atoms with Crippen LogP contribution in [0.3, 0.4) is 0 Å². The molecule has 0 heterocycles. The van der Waals surface area contributed by atoms with Crippen molar-refractivity contribution in [2.75, 3.05) is 13.2 Å². The zero-order valence-corrected chi connectivity index (χ0v) is 42.0. The molecule has 0 amide bonds. The monoisotopic (exact) mass is 893 g/mol. The molecule has 0 aromatic heterocycles. The molecule has 0 aliphatic heterocycles. The highest BCUT2D eigenvalue weighted by atomic mass is 16.6. The van der Waals surface area contributed by atoms with E-state index in [9.17, 15) is 14.4 Å². The number of allylic oxidation sites excluding steroid dienone is 12. The first-order chi connectivity index (χ1) is 31.5. The Bertz CT molecular complexity index is 1210. The van der Waals surface area contributed by atoms with E-state index in [0.717, 1.165) is 83.5 Å². The fourth-order valence-electron chi connectivity index (χ4n) is 7.36. The molecule has 0 N–H and O–H groups in total. The molecule has 6 nitrogen and oxygen atoms in total. The van der Waals surface area contributed by atoms with Crippen molar-refractivity contribution in [2.45, 2.75) is 264 Å². The van der Waals surface area contributed by atoms with Crippen LogP contribution in [-0.2, 0) is 28.6 Å². The molecule has 0 saturated heterocycles. The molecule has 0 fully saturated rings. The fraction of sp³-hybridized carbons (Fsp3) is 0.741. The fourth-order valence-corrected chi connectivity index (χ4v) is 7.36. The summed E-state index contributed by atoms with van der Waals surface area (Å²) in [5, 5.41) is 0. The number of carbonyl (C=O) groups is 3. The van der Waals surface area contributed by atoms with E-state index >= 15 is 0 Å². The van der Waals surface area contributed by atoms with E-state index in [1.165, 1.54) is 128 Å². The van der Waals surface area contributed by atoms with Crippen molar-refractivity contribution in [2.24, 2.45) is 0 Å². The molecule has 0 aromatic rings. The molecular weight excluding hydrogens is 793 g/mol. The Kier molecular flexibility index (Phi) is 49.9. The quantitative estimate of drug-likeness (QED) is 0.0262. The summed E-state index contributed by atoms with van der Waals surface area (Å²) in [6.45, 7) is 6.46. The van der Waals surface area contributed by atoms with E-state index in [-0.39, 0.29) is 37.5 Å². The van der Waals surface area contributed by atoms with Crippen LogP contribution in [0.1, 0.15) is 258 Å². The normalized spacial score (nSPS) is 12.6. The predicted molar refractivity (Wildman–Crippen MR) is 274 cm³/mol. The van der Waals surface area contributed by atoms with Crippen LogP contribution < -0.4 is 0 Å². The van der Waals surface area contributed by atoms with E-state index in [4.69, 9.17) is 14.2 Å². The average molecular weight is 893 g/mol. The largest absolute Gasteiger partial charge is 0.462 e. The predicted octanol–water partition coefficient (Wildman–Crippen LogP) is 17.8. The van der Waals surface area contributed by atoms with Crippen LogP contribution in [0.4, 0.5) is 0 Å². The zero-order valence-electron chi connectivity index (χ0n) is 42.0. The van der Waals surface area contributed by atoms with Crippen molar-refractivity contribution < 1.29 is 28.6 Å². The van der Waals surface area contributed by atoms with Gasteiger partial charge >= 0.3 is 17.9 Å². The van der Waals surface area contributed by atoms with Crippen LogP contribution in [0.25, 0.3) is 0 Å². The Labute approximate surface area is 395 Å². The maximum atomic E-state index is 12.8. The SMILES string of the molecule is CC/C=C\C/C=C\C/C=C\C/C=C\CCCCC(=O)O[C@H](COC(=O)CCCCCCC/C=C\CCCCC)COC(=O)CCCCCCCCC/C=C\CCCCCCCCCC. The second-order valence-corrected chi connectivity index (χ2v) is 17.7. The molecule has 0 spiro atoms. The number of unbranched alkanes of at least 4 members (excludes halogenated alkanes) is 25. The minimum absolute atomic E-state index is 0.0968. The molecule has 0 unspecified atom stereocenters. The molecule has 0 rings (SSSR count). The standard InChI is InChI=1S/C58H100O6/c1-4-7-10-13-16-19-22-25-27-28-29-30-32-33-36-39-42-45-48-51-57(60)63-54-55(53-62-56(59)50-47-44-41-38-35-24-21-18-15-12-9-6-3)64-58(61)52-49-46-43-40-37-34-31-26-23-20-17-14-11-8-5-2/h8,11,17-18,20-21,26,28-29,31,37,40,55H,4-7,9-10,12-16,19,22-25,27,30,32-36,38-39,41-54H2,1-3H3/b11-8-,20-17-,21-18-,29-28-,31-26-,40-37-/t55-/m1/s1. The van der Waals surface area contributed by atoms with Gasteiger partial charge in [0.05, 0.1) is 0 Å². The van der Waals surface area contributed by atoms with Gasteiger partial charge in [0.15, 0.2) is 6.10 Å². The molecule has 64 heavy (non-hydrogen) atoms. The smallest absolute Gasteiger partial charge is 0.306 e. The van der Waals surface area contributed by atoms with Crippen molar-refractivity contribution >= 4 is 17.9 Å². The number of rotatable bonds is 48. The number of hydrogen-bond donors (Lipinski definition) is 0. The summed E-state index contributed by atoms with van der Waals surface area (Å²) in [4.78, 5) is 38.0. The van der Waals surface area contributed by atoms with Gasteiger partial charge in [0.2, 0.25) is 0 Å². The van der Waals surface area contributed by atoms with Crippen molar-refractivity contribution in [1.82, 2.24) is 0 Å². The van der Waals surface area contributed by atoms with Crippen molar-refractivity contribution in [3.8, 4) is 0 Å². The Balaban J connectivity index is 4.41. The zero-order chi connectivity index (χ0) is 46.5. The summed E-state index contributed by atoms with van der Waals surface area (Å²) in [7, 11) is 0. The van der Waals surface area contributed by atoms with Gasteiger partial charge < -0.3 is 14.2 Å². The number of hydrogen-bond acceptors (Lipinski definition) is 6. The van der Waals surface area contributed by atoms with Gasteiger partial charge in [-0.05, 0) is 109 Å². The maximum Gasteiger partial charge on any atom is 0.306 e. The van der Waals surface area contributed by atoms with Gasteiger partial charge in [-0.1, -0.05) is 203 Å². The minimum atomic E-state index is -0.801. The Morgan fingerprint density at radius 2 is 0.609 bits per heavy atom. The van der Waals surface area contributed by atoms with Gasteiger partial charge in [0.1, 0.15) is 13.2 Å². The molecule has 0 saturated carbocycles. The third-order valence-electron chi connectivity index (χ3n) is 11.4. The van der Waals surface area contributed by atoms with Gasteiger partial charge in [-0.3, -0.25) is 14.4 Å². The Morgan fingerprint density at radius 3 is 1.03 bits per heavy atom. The lowest BCUT2D eigenvalue weighted by Gasteiger charge is -2.18. The highest BCUT2D eigenvalue weighted by Gasteiger charge is 2.19. The molecular formula is C58H100O6. The summed E-state index contributed by atoms with van der Waals surface area (Å²) in [6, 6.07) is 0. The van der Waals surface area contributed by atoms with Crippen LogP contribution in [0, 0.1) is 0 Å². The van der Waals surface area contributed by atoms with E-state index in [1.54, 1.807) is 0 Å². The topological polar surface area (TPSA) is 78.9 Å². The Morgan fingerprint density at radius 1 is 0.328 bits per heavy atom. The van der Waals surface area contributed by atoms with Gasteiger partial charge in [-0.2, -0.15) is 0 Å². The minimum Gasteiger partial charge on any atom is -0.462 e. The molecule has 6 heteroatoms. The van der Waals surface area contributed by atoms with Crippen LogP contribution in [0.5, 0.6) is 0 Å². The van der Waals surface area contributed by atoms with Crippen LogP contribution in [0.15, 0.2) is 72.9 Å². The van der Waals surface area contributed by atoms with E-state index in [0.29, 0.717) is 19.3 Å². The van der Waals surface area contributed by atoms with E-state index < -0.39 is 6.10 Å². The number of esters is 3. The lowest BCUT2D eigenvalue weighted by molar-refractivity contribution is -0.167. The molecule has 1 atom stereocenters. The van der Waals surface area contributed by atoms with Gasteiger partial charge in [-0.15, -0.1) is 0 Å². The molecule has 0 aliphatic carbocycles. The van der Waals surface area contributed by atoms with Crippen LogP contribution >= 0.6 is 0 Å². The summed E-state index contributed by atoms with van der Waals surface area (Å²) in [6.07, 6.45) is 66.1. The van der Waals surface area contributed by atoms with Crippen LogP contribution in [-0.4, -0.2) is 37.2 Å². The lowest BCUT2D eigenvalue weighted by atomic mass is 10.1. The van der Waals surface area contributed by atoms with Gasteiger partial charge in [0.25, 0.3) is 0 Å². The summed E-state index contributed by atoms with van der Waals surface area (Å²) < 4.78 is 16.8. The van der Waals surface area contributed by atoms with Crippen LogP contribution in [0.2, 0.25) is 0 Å².